The van der Waals surface area contributed by atoms with Crippen LogP contribution >= 0.6 is 0 Å². The van der Waals surface area contributed by atoms with Gasteiger partial charge in [-0.3, -0.25) is 0 Å². The second-order valence-electron chi connectivity index (χ2n) is 12.7. The Morgan fingerprint density at radius 1 is 0.829 bits per heavy atom. The Kier molecular flexibility index (Phi) is 9.30. The van der Waals surface area contributed by atoms with Crippen molar-refractivity contribution in [2.24, 2.45) is 0 Å². The largest absolute Gasteiger partial charge is 0.401 e. The zero-order chi connectivity index (χ0) is 29.9. The first-order valence-electron chi connectivity index (χ1n) is 14.3. The topological polar surface area (TPSA) is 57.2 Å². The summed E-state index contributed by atoms with van der Waals surface area (Å²) in [6.07, 6.45) is 2.88. The lowest BCUT2D eigenvalue weighted by Gasteiger charge is -2.40. The molecule has 3 aromatic carbocycles. The molecule has 0 radical (unpaired) electrons. The number of hydrogen-bond acceptors (Lipinski definition) is 5. The zero-order valence-corrected chi connectivity index (χ0v) is 26.3. The van der Waals surface area contributed by atoms with Gasteiger partial charge in [0.1, 0.15) is 30.0 Å². The SMILES string of the molecule is C#C[C@H](O[Si](C)(C)C(C)(C)C)[C@@H]1OC(C)(C)O[C@@H]1[C@H](O)COC(c1ccccc1)(c1ccccc1)c1ccccc1. The van der Waals surface area contributed by atoms with Gasteiger partial charge in [-0.25, -0.2) is 0 Å². The fourth-order valence-corrected chi connectivity index (χ4v) is 6.30. The smallest absolute Gasteiger partial charge is 0.193 e. The minimum atomic E-state index is -2.24. The summed E-state index contributed by atoms with van der Waals surface area (Å²) in [6.45, 7) is 14.4. The van der Waals surface area contributed by atoms with Crippen LogP contribution < -0.4 is 0 Å². The standard InChI is InChI=1S/C35H44O5Si/c1-9-30(40-41(7,8)33(2,3)4)32-31(38-34(5,6)39-32)29(36)25-37-35(26-19-13-10-14-20-26,27-21-15-11-16-22-27)28-23-17-12-18-24-28/h1,10-24,29-32,36H,25H2,2-8H3/t29-,30+,31-,32+/m1/s1. The molecule has 1 fully saturated rings. The third-order valence-electron chi connectivity index (χ3n) is 8.24. The Morgan fingerprint density at radius 3 is 1.63 bits per heavy atom. The van der Waals surface area contributed by atoms with Gasteiger partial charge in [0.25, 0.3) is 0 Å². The van der Waals surface area contributed by atoms with Crippen LogP contribution in [0.4, 0.5) is 0 Å². The fourth-order valence-electron chi connectivity index (χ4n) is 5.11. The Labute approximate surface area is 246 Å². The summed E-state index contributed by atoms with van der Waals surface area (Å²) in [4.78, 5) is 0. The van der Waals surface area contributed by atoms with Crippen molar-refractivity contribution in [3.8, 4) is 12.3 Å². The molecule has 0 spiro atoms. The van der Waals surface area contributed by atoms with E-state index in [0.717, 1.165) is 16.7 Å². The normalized spacial score (nSPS) is 20.8. The van der Waals surface area contributed by atoms with E-state index in [-0.39, 0.29) is 11.6 Å². The summed E-state index contributed by atoms with van der Waals surface area (Å²) >= 11 is 0. The minimum Gasteiger partial charge on any atom is -0.401 e. The molecule has 4 atom stereocenters. The van der Waals surface area contributed by atoms with Crippen LogP contribution in [0.1, 0.15) is 51.3 Å². The van der Waals surface area contributed by atoms with Gasteiger partial charge in [-0.2, -0.15) is 0 Å². The number of aliphatic hydroxyl groups is 1. The Hall–Kier alpha value is -2.76. The van der Waals surface area contributed by atoms with Gasteiger partial charge in [-0.1, -0.05) is 118 Å². The predicted molar refractivity (Wildman–Crippen MR) is 166 cm³/mol. The van der Waals surface area contributed by atoms with Gasteiger partial charge in [0.05, 0.1) is 6.61 Å². The van der Waals surface area contributed by atoms with Crippen molar-refractivity contribution in [3.05, 3.63) is 108 Å². The summed E-state index contributed by atoms with van der Waals surface area (Å²) in [7, 11) is -2.24. The van der Waals surface area contributed by atoms with Gasteiger partial charge < -0.3 is 23.7 Å². The van der Waals surface area contributed by atoms with Crippen molar-refractivity contribution >= 4 is 8.32 Å². The highest BCUT2D eigenvalue weighted by Gasteiger charge is 2.51. The third-order valence-corrected chi connectivity index (χ3v) is 12.7. The maximum Gasteiger partial charge on any atom is 0.193 e. The number of hydrogen-bond donors (Lipinski definition) is 1. The lowest BCUT2D eigenvalue weighted by molar-refractivity contribution is -0.163. The average Bonchev–Trinajstić information content (AvgIpc) is 3.28. The molecule has 1 N–H and O–H groups in total. The molecule has 4 rings (SSSR count). The molecule has 218 valence electrons. The molecule has 5 nitrogen and oxygen atoms in total. The highest BCUT2D eigenvalue weighted by atomic mass is 28.4. The molecule has 1 saturated heterocycles. The summed E-state index contributed by atoms with van der Waals surface area (Å²) in [6, 6.07) is 30.2. The molecular weight excluding hydrogens is 528 g/mol. The maximum absolute atomic E-state index is 11.7. The predicted octanol–water partition coefficient (Wildman–Crippen LogP) is 6.90. The van der Waals surface area contributed by atoms with Gasteiger partial charge in [0.15, 0.2) is 14.1 Å². The highest BCUT2D eigenvalue weighted by molar-refractivity contribution is 6.74. The van der Waals surface area contributed by atoms with E-state index in [2.05, 4.69) is 76.2 Å². The minimum absolute atomic E-state index is 0.0311. The van der Waals surface area contributed by atoms with Crippen molar-refractivity contribution in [2.45, 2.75) is 88.6 Å². The monoisotopic (exact) mass is 572 g/mol. The molecule has 0 saturated carbocycles. The summed E-state index contributed by atoms with van der Waals surface area (Å²) in [5.74, 6) is 1.85. The van der Waals surface area contributed by atoms with Crippen LogP contribution in [-0.4, -0.2) is 50.2 Å². The van der Waals surface area contributed by atoms with E-state index < -0.39 is 44.1 Å². The van der Waals surface area contributed by atoms with Crippen molar-refractivity contribution in [3.63, 3.8) is 0 Å². The average molecular weight is 573 g/mol. The van der Waals surface area contributed by atoms with E-state index in [1.807, 2.05) is 68.4 Å². The van der Waals surface area contributed by atoms with Gasteiger partial charge in [0, 0.05) is 0 Å². The molecule has 3 aromatic rings. The Morgan fingerprint density at radius 2 is 1.24 bits per heavy atom. The van der Waals surface area contributed by atoms with Crippen LogP contribution in [0.15, 0.2) is 91.0 Å². The van der Waals surface area contributed by atoms with Crippen LogP contribution in [0.2, 0.25) is 18.1 Å². The van der Waals surface area contributed by atoms with Crippen LogP contribution in [0, 0.1) is 12.3 Å². The van der Waals surface area contributed by atoms with Crippen LogP contribution in [0.3, 0.4) is 0 Å². The zero-order valence-electron chi connectivity index (χ0n) is 25.3. The first-order chi connectivity index (χ1) is 19.3. The molecule has 0 bridgehead atoms. The third kappa shape index (κ3) is 6.67. The molecule has 1 aliphatic heterocycles. The van der Waals surface area contributed by atoms with E-state index in [9.17, 15) is 5.11 Å². The summed E-state index contributed by atoms with van der Waals surface area (Å²) in [5, 5.41) is 11.7. The molecule has 0 aliphatic carbocycles. The lowest BCUT2D eigenvalue weighted by atomic mass is 9.80. The van der Waals surface area contributed by atoms with Gasteiger partial charge in [-0.05, 0) is 48.7 Å². The molecule has 0 unspecified atom stereocenters. The van der Waals surface area contributed by atoms with E-state index in [1.165, 1.54) is 0 Å². The molecule has 1 aliphatic rings. The number of terminal acetylenes is 1. The number of aliphatic hydroxyl groups excluding tert-OH is 1. The van der Waals surface area contributed by atoms with Crippen LogP contribution in [0.5, 0.6) is 0 Å². The van der Waals surface area contributed by atoms with Crippen LogP contribution in [-0.2, 0) is 24.2 Å². The van der Waals surface area contributed by atoms with E-state index in [4.69, 9.17) is 25.1 Å². The van der Waals surface area contributed by atoms with Crippen molar-refractivity contribution in [1.82, 2.24) is 0 Å². The molecule has 0 amide bonds. The first kappa shape index (κ1) is 31.2. The highest BCUT2D eigenvalue weighted by Crippen LogP contribution is 2.42. The molecule has 41 heavy (non-hydrogen) atoms. The second kappa shape index (κ2) is 12.2. The van der Waals surface area contributed by atoms with Gasteiger partial charge >= 0.3 is 0 Å². The van der Waals surface area contributed by atoms with Gasteiger partial charge in [-0.15, -0.1) is 6.42 Å². The van der Waals surface area contributed by atoms with E-state index in [1.54, 1.807) is 0 Å². The van der Waals surface area contributed by atoms with Crippen molar-refractivity contribution in [2.75, 3.05) is 6.61 Å². The Balaban J connectivity index is 1.69. The number of rotatable bonds is 10. The maximum atomic E-state index is 11.7. The lowest BCUT2D eigenvalue weighted by Crippen LogP contribution is -2.51. The van der Waals surface area contributed by atoms with E-state index >= 15 is 0 Å². The number of benzene rings is 3. The fraction of sp³-hybridized carbons (Fsp3) is 0.429. The first-order valence-corrected chi connectivity index (χ1v) is 17.2. The molecule has 6 heteroatoms. The van der Waals surface area contributed by atoms with E-state index in [0.29, 0.717) is 0 Å². The second-order valence-corrected chi connectivity index (χ2v) is 17.4. The number of ether oxygens (including phenoxy) is 3. The molecular formula is C35H44O5Si. The molecule has 1 heterocycles. The van der Waals surface area contributed by atoms with Crippen molar-refractivity contribution in [1.29, 1.82) is 0 Å². The summed E-state index contributed by atoms with van der Waals surface area (Å²) < 4.78 is 26.1. The summed E-state index contributed by atoms with van der Waals surface area (Å²) in [5.41, 5.74) is 1.88. The van der Waals surface area contributed by atoms with Crippen LogP contribution in [0.25, 0.3) is 0 Å². The quantitative estimate of drug-likeness (QED) is 0.163. The molecule has 0 aromatic heterocycles. The van der Waals surface area contributed by atoms with Crippen molar-refractivity contribution < 1.29 is 23.7 Å². The Bertz CT molecular complexity index is 1200. The van der Waals surface area contributed by atoms with Gasteiger partial charge in [0.2, 0.25) is 0 Å².